The van der Waals surface area contributed by atoms with Crippen LogP contribution in [-0.4, -0.2) is 16.8 Å². The van der Waals surface area contributed by atoms with Crippen LogP contribution in [0.1, 0.15) is 36.6 Å². The predicted octanol–water partition coefficient (Wildman–Crippen LogP) is 3.06. The summed E-state index contributed by atoms with van der Waals surface area (Å²) in [5.74, 6) is 0.343. The number of hydrogen-bond acceptors (Lipinski definition) is 4. The second-order valence-corrected chi connectivity index (χ2v) is 6.50. The average Bonchev–Trinajstić information content (AvgIpc) is 2.55. The average molecular weight is 326 g/mol. The van der Waals surface area contributed by atoms with E-state index in [2.05, 4.69) is 11.4 Å². The van der Waals surface area contributed by atoms with Gasteiger partial charge in [-0.1, -0.05) is 12.1 Å². The molecule has 0 spiro atoms. The molecule has 1 aliphatic rings. The van der Waals surface area contributed by atoms with Gasteiger partial charge in [0, 0.05) is 12.1 Å². The zero-order valence-corrected chi connectivity index (χ0v) is 13.6. The van der Waals surface area contributed by atoms with Gasteiger partial charge >= 0.3 is 0 Å². The van der Waals surface area contributed by atoms with Crippen molar-refractivity contribution in [2.75, 3.05) is 0 Å². The van der Waals surface area contributed by atoms with Crippen LogP contribution in [0.25, 0.3) is 0 Å². The van der Waals surface area contributed by atoms with E-state index < -0.39 is 17.7 Å². The van der Waals surface area contributed by atoms with Gasteiger partial charge in [0.15, 0.2) is 0 Å². The molecule has 0 radical (unpaired) electrons. The molecule has 0 bridgehead atoms. The summed E-state index contributed by atoms with van der Waals surface area (Å²) in [5, 5.41) is 23.1. The van der Waals surface area contributed by atoms with Crippen LogP contribution in [0.5, 0.6) is 5.75 Å². The fraction of sp³-hybridized carbons (Fsp3) is 0.316. The van der Waals surface area contributed by atoms with E-state index in [1.165, 1.54) is 12.1 Å². The van der Waals surface area contributed by atoms with Gasteiger partial charge in [-0.3, -0.25) is 0 Å². The Morgan fingerprint density at radius 3 is 2.79 bits per heavy atom. The van der Waals surface area contributed by atoms with Crippen LogP contribution in [0.4, 0.5) is 4.39 Å². The van der Waals surface area contributed by atoms with Crippen molar-refractivity contribution in [3.05, 3.63) is 65.0 Å². The number of halogens is 1. The van der Waals surface area contributed by atoms with E-state index in [1.807, 2.05) is 19.9 Å². The highest BCUT2D eigenvalue weighted by Gasteiger charge is 2.42. The molecule has 0 fully saturated rings. The van der Waals surface area contributed by atoms with E-state index in [1.54, 1.807) is 24.3 Å². The number of nitriles is 1. The van der Waals surface area contributed by atoms with Gasteiger partial charge in [0.1, 0.15) is 23.3 Å². The van der Waals surface area contributed by atoms with E-state index in [4.69, 9.17) is 10.00 Å². The number of nitrogens with one attached hydrogen (secondary N) is 1. The minimum Gasteiger partial charge on any atom is -0.485 e. The number of benzene rings is 2. The molecule has 1 heterocycles. The minimum absolute atomic E-state index is 0.297. The third kappa shape index (κ3) is 3.12. The second-order valence-electron chi connectivity index (χ2n) is 6.50. The van der Waals surface area contributed by atoms with Crippen LogP contribution in [0.15, 0.2) is 42.5 Å². The predicted molar refractivity (Wildman–Crippen MR) is 87.9 cm³/mol. The SMILES string of the molecule is CC1(C)Oc2ccc(C#N)cc2[C@@H](NCc2cccc(F)c2)[C@@H]1O. The summed E-state index contributed by atoms with van der Waals surface area (Å²) in [6, 6.07) is 13.2. The van der Waals surface area contributed by atoms with Gasteiger partial charge < -0.3 is 15.2 Å². The number of fused-ring (bicyclic) bond motifs is 1. The van der Waals surface area contributed by atoms with Crippen LogP contribution in [0, 0.1) is 17.1 Å². The molecule has 0 aliphatic carbocycles. The standard InChI is InChI=1S/C19H19FN2O2/c1-19(2)18(23)17(22-11-13-4-3-5-14(20)8-13)15-9-12(10-21)6-7-16(15)24-19/h3-9,17-18,22-23H,11H2,1-2H3/t17-,18+/m1/s1. The summed E-state index contributed by atoms with van der Waals surface area (Å²) in [6.45, 7) is 4.02. The van der Waals surface area contributed by atoms with Gasteiger partial charge in [-0.25, -0.2) is 4.39 Å². The van der Waals surface area contributed by atoms with Crippen molar-refractivity contribution in [2.45, 2.75) is 38.1 Å². The smallest absolute Gasteiger partial charge is 0.131 e. The van der Waals surface area contributed by atoms with E-state index in [-0.39, 0.29) is 5.82 Å². The maximum absolute atomic E-state index is 13.3. The Balaban J connectivity index is 1.91. The van der Waals surface area contributed by atoms with E-state index in [0.29, 0.717) is 17.9 Å². The largest absolute Gasteiger partial charge is 0.485 e. The first-order valence-corrected chi connectivity index (χ1v) is 7.79. The van der Waals surface area contributed by atoms with E-state index in [0.717, 1.165) is 11.1 Å². The van der Waals surface area contributed by atoms with Crippen molar-refractivity contribution in [1.82, 2.24) is 5.32 Å². The molecule has 0 aromatic heterocycles. The molecule has 1 aliphatic heterocycles. The Morgan fingerprint density at radius 1 is 1.29 bits per heavy atom. The van der Waals surface area contributed by atoms with Gasteiger partial charge in [0.25, 0.3) is 0 Å². The summed E-state index contributed by atoms with van der Waals surface area (Å²) >= 11 is 0. The number of ether oxygens (including phenoxy) is 1. The molecule has 124 valence electrons. The molecule has 2 atom stereocenters. The molecular formula is C19H19FN2O2. The molecule has 4 nitrogen and oxygen atoms in total. The molecule has 24 heavy (non-hydrogen) atoms. The van der Waals surface area contributed by atoms with Crippen molar-refractivity contribution in [3.63, 3.8) is 0 Å². The second kappa shape index (κ2) is 6.23. The van der Waals surface area contributed by atoms with Crippen LogP contribution in [-0.2, 0) is 6.54 Å². The number of aliphatic hydroxyl groups is 1. The monoisotopic (exact) mass is 326 g/mol. The molecule has 2 aromatic carbocycles. The van der Waals surface area contributed by atoms with Crippen molar-refractivity contribution >= 4 is 0 Å². The van der Waals surface area contributed by atoms with Crippen LogP contribution >= 0.6 is 0 Å². The lowest BCUT2D eigenvalue weighted by molar-refractivity contribution is -0.0649. The number of nitrogens with zero attached hydrogens (tertiary/aromatic N) is 1. The van der Waals surface area contributed by atoms with Crippen molar-refractivity contribution in [1.29, 1.82) is 5.26 Å². The van der Waals surface area contributed by atoms with Crippen molar-refractivity contribution < 1.29 is 14.2 Å². The van der Waals surface area contributed by atoms with Crippen molar-refractivity contribution in [2.24, 2.45) is 0 Å². The first-order chi connectivity index (χ1) is 11.4. The topological polar surface area (TPSA) is 65.3 Å². The molecule has 2 aromatic rings. The van der Waals surface area contributed by atoms with Crippen LogP contribution in [0.2, 0.25) is 0 Å². The quantitative estimate of drug-likeness (QED) is 0.910. The molecule has 0 saturated heterocycles. The van der Waals surface area contributed by atoms with Gasteiger partial charge in [0.05, 0.1) is 17.7 Å². The molecule has 0 unspecified atom stereocenters. The Hall–Kier alpha value is -2.42. The Labute approximate surface area is 140 Å². The highest BCUT2D eigenvalue weighted by Crippen LogP contribution is 2.40. The molecule has 5 heteroatoms. The Morgan fingerprint density at radius 2 is 2.08 bits per heavy atom. The lowest BCUT2D eigenvalue weighted by atomic mass is 9.86. The van der Waals surface area contributed by atoms with Gasteiger partial charge in [-0.2, -0.15) is 5.26 Å². The highest BCUT2D eigenvalue weighted by atomic mass is 19.1. The minimum atomic E-state index is -0.812. The molecule has 2 N–H and O–H groups in total. The molecule has 0 amide bonds. The zero-order chi connectivity index (χ0) is 17.3. The fourth-order valence-corrected chi connectivity index (χ4v) is 2.97. The first kappa shape index (κ1) is 16.4. The summed E-state index contributed by atoms with van der Waals surface area (Å²) in [5.41, 5.74) is 1.24. The fourth-order valence-electron chi connectivity index (χ4n) is 2.97. The van der Waals surface area contributed by atoms with Crippen LogP contribution < -0.4 is 10.1 Å². The van der Waals surface area contributed by atoms with E-state index >= 15 is 0 Å². The number of rotatable bonds is 3. The molecule has 3 rings (SSSR count). The summed E-state index contributed by atoms with van der Waals surface area (Å²) < 4.78 is 19.2. The third-order valence-electron chi connectivity index (χ3n) is 4.29. The zero-order valence-electron chi connectivity index (χ0n) is 13.6. The summed E-state index contributed by atoms with van der Waals surface area (Å²) in [4.78, 5) is 0. The highest BCUT2D eigenvalue weighted by molar-refractivity contribution is 5.46. The van der Waals surface area contributed by atoms with Crippen molar-refractivity contribution in [3.8, 4) is 11.8 Å². The number of aliphatic hydroxyl groups excluding tert-OH is 1. The lowest BCUT2D eigenvalue weighted by Crippen LogP contribution is -2.52. The maximum atomic E-state index is 13.3. The Bertz CT molecular complexity index is 798. The number of hydrogen-bond donors (Lipinski definition) is 2. The summed E-state index contributed by atoms with van der Waals surface area (Å²) in [6.07, 6.45) is -0.812. The van der Waals surface area contributed by atoms with Gasteiger partial charge in [-0.15, -0.1) is 0 Å². The van der Waals surface area contributed by atoms with Crippen LogP contribution in [0.3, 0.4) is 0 Å². The van der Waals surface area contributed by atoms with Gasteiger partial charge in [-0.05, 0) is 49.7 Å². The van der Waals surface area contributed by atoms with Gasteiger partial charge in [0.2, 0.25) is 0 Å². The Kier molecular flexibility index (Phi) is 4.27. The first-order valence-electron chi connectivity index (χ1n) is 7.79. The lowest BCUT2D eigenvalue weighted by Gasteiger charge is -2.42. The molecular weight excluding hydrogens is 307 g/mol. The third-order valence-corrected chi connectivity index (χ3v) is 4.29. The summed E-state index contributed by atoms with van der Waals surface area (Å²) in [7, 11) is 0. The molecule has 0 saturated carbocycles. The van der Waals surface area contributed by atoms with E-state index in [9.17, 15) is 9.50 Å². The maximum Gasteiger partial charge on any atom is 0.131 e. The normalized spacial score (nSPS) is 21.5.